The van der Waals surface area contributed by atoms with E-state index in [9.17, 15) is 0 Å². The molecule has 0 bridgehead atoms. The van der Waals surface area contributed by atoms with Crippen molar-refractivity contribution in [1.82, 2.24) is 4.98 Å². The van der Waals surface area contributed by atoms with Gasteiger partial charge in [-0.25, -0.2) is 0 Å². The Morgan fingerprint density at radius 1 is 0.750 bits per heavy atom. The smallest absolute Gasteiger partial charge is 0.136 e. The van der Waals surface area contributed by atoms with Crippen LogP contribution in [0.2, 0.25) is 0 Å². The third-order valence-electron chi connectivity index (χ3n) is 6.14. The number of benzene rings is 3. The molecule has 0 saturated heterocycles. The summed E-state index contributed by atoms with van der Waals surface area (Å²) in [6.45, 7) is 2.11. The molecule has 0 saturated carbocycles. The lowest BCUT2D eigenvalue weighted by Crippen LogP contribution is -2.01. The molecule has 1 aliphatic rings. The van der Waals surface area contributed by atoms with E-state index in [1.54, 1.807) is 0 Å². The molecule has 0 aliphatic heterocycles. The first-order chi connectivity index (χ1) is 13.8. The predicted molar refractivity (Wildman–Crippen MR) is 116 cm³/mol. The summed E-state index contributed by atoms with van der Waals surface area (Å²) in [6.07, 6.45) is 6.82. The maximum atomic E-state index is 6.27. The highest BCUT2D eigenvalue weighted by molar-refractivity contribution is 6.12. The average molecular weight is 363 g/mol. The minimum atomic E-state index is 0.964. The minimum absolute atomic E-state index is 0.964. The molecule has 2 aromatic heterocycles. The molecule has 1 aliphatic carbocycles. The lowest BCUT2D eigenvalue weighted by molar-refractivity contribution is 0.660. The fraction of sp³-hybridized carbons (Fsp3) is 0.192. The summed E-state index contributed by atoms with van der Waals surface area (Å²) in [5, 5.41) is 4.77. The summed E-state index contributed by atoms with van der Waals surface area (Å²) in [6, 6.07) is 19.8. The van der Waals surface area contributed by atoms with Crippen molar-refractivity contribution in [3.05, 3.63) is 77.5 Å². The molecule has 28 heavy (non-hydrogen) atoms. The molecule has 0 atom stereocenters. The van der Waals surface area contributed by atoms with Crippen molar-refractivity contribution < 1.29 is 4.42 Å². The van der Waals surface area contributed by atoms with Crippen LogP contribution < -0.4 is 0 Å². The number of nitrogens with zero attached hydrogens (tertiary/aromatic N) is 1. The molecular weight excluding hydrogens is 342 g/mol. The van der Waals surface area contributed by atoms with Crippen molar-refractivity contribution in [1.29, 1.82) is 0 Å². The van der Waals surface area contributed by atoms with E-state index < -0.39 is 0 Å². The molecule has 0 spiro atoms. The molecule has 2 heteroatoms. The Morgan fingerprint density at radius 2 is 1.46 bits per heavy atom. The van der Waals surface area contributed by atoms with Gasteiger partial charge in [0, 0.05) is 27.9 Å². The second kappa shape index (κ2) is 5.93. The number of aryl methyl sites for hydroxylation is 3. The molecule has 0 amide bonds. The fourth-order valence-electron chi connectivity index (χ4n) is 4.61. The highest BCUT2D eigenvalue weighted by Crippen LogP contribution is 2.37. The van der Waals surface area contributed by atoms with Crippen molar-refractivity contribution in [3.8, 4) is 11.3 Å². The van der Waals surface area contributed by atoms with E-state index in [-0.39, 0.29) is 0 Å². The fourth-order valence-corrected chi connectivity index (χ4v) is 4.61. The zero-order chi connectivity index (χ0) is 18.7. The maximum absolute atomic E-state index is 6.27. The van der Waals surface area contributed by atoms with Gasteiger partial charge in [0.25, 0.3) is 0 Å². The van der Waals surface area contributed by atoms with Gasteiger partial charge in [-0.1, -0.05) is 29.8 Å². The summed E-state index contributed by atoms with van der Waals surface area (Å²) < 4.78 is 6.27. The van der Waals surface area contributed by atoms with Crippen LogP contribution in [0.1, 0.15) is 29.5 Å². The van der Waals surface area contributed by atoms with Crippen LogP contribution in [0.4, 0.5) is 0 Å². The molecule has 2 nitrogen and oxygen atoms in total. The Bertz CT molecular complexity index is 1360. The zero-order valence-electron chi connectivity index (χ0n) is 16.0. The summed E-state index contributed by atoms with van der Waals surface area (Å²) >= 11 is 0. The van der Waals surface area contributed by atoms with E-state index in [0.717, 1.165) is 22.4 Å². The summed E-state index contributed by atoms with van der Waals surface area (Å²) in [7, 11) is 0. The molecular formula is C26H21NO. The van der Waals surface area contributed by atoms with Crippen LogP contribution in [0.3, 0.4) is 0 Å². The molecule has 136 valence electrons. The Balaban J connectivity index is 1.65. The van der Waals surface area contributed by atoms with Crippen molar-refractivity contribution in [2.45, 2.75) is 32.6 Å². The van der Waals surface area contributed by atoms with Crippen LogP contribution in [-0.2, 0) is 12.8 Å². The largest absolute Gasteiger partial charge is 0.456 e. The molecule has 0 fully saturated rings. The Morgan fingerprint density at radius 3 is 2.29 bits per heavy atom. The molecule has 5 aromatic rings. The number of hydrogen-bond donors (Lipinski definition) is 0. The quantitative estimate of drug-likeness (QED) is 0.321. The maximum Gasteiger partial charge on any atom is 0.136 e. The van der Waals surface area contributed by atoms with Crippen molar-refractivity contribution in [2.75, 3.05) is 0 Å². The van der Waals surface area contributed by atoms with Crippen molar-refractivity contribution in [3.63, 3.8) is 0 Å². The predicted octanol–water partition coefficient (Wildman–Crippen LogP) is 6.99. The van der Waals surface area contributed by atoms with Gasteiger partial charge in [0.2, 0.25) is 0 Å². The third kappa shape index (κ3) is 2.37. The van der Waals surface area contributed by atoms with E-state index in [1.807, 2.05) is 6.20 Å². The number of fused-ring (bicyclic) bond motifs is 5. The lowest BCUT2D eigenvalue weighted by atomic mass is 9.90. The first kappa shape index (κ1) is 15.9. The molecule has 0 radical (unpaired) electrons. The average Bonchev–Trinajstić information content (AvgIpc) is 3.07. The summed E-state index contributed by atoms with van der Waals surface area (Å²) in [5.41, 5.74) is 8.38. The van der Waals surface area contributed by atoms with Crippen LogP contribution in [0.25, 0.3) is 44.0 Å². The van der Waals surface area contributed by atoms with Crippen LogP contribution in [-0.4, -0.2) is 4.98 Å². The van der Waals surface area contributed by atoms with Gasteiger partial charge in [-0.05, 0) is 79.5 Å². The lowest BCUT2D eigenvalue weighted by Gasteiger charge is -2.14. The van der Waals surface area contributed by atoms with E-state index in [1.165, 1.54) is 63.9 Å². The van der Waals surface area contributed by atoms with Gasteiger partial charge in [-0.15, -0.1) is 0 Å². The van der Waals surface area contributed by atoms with Crippen molar-refractivity contribution >= 4 is 32.7 Å². The standard InChI is InChI=1S/C26H21NO/c1-16-6-8-17(9-7-16)26-21-15-23-22-12-18-4-2-3-5-19(18)13-24(22)28-25(23)14-20(21)10-11-27-26/h6-15H,2-5H2,1H3. The number of pyridine rings is 1. The SMILES string of the molecule is Cc1ccc(-c2nccc3cc4oc5cc6c(cc5c4cc23)CCCC6)cc1. The molecule has 2 heterocycles. The first-order valence-corrected chi connectivity index (χ1v) is 10.1. The zero-order valence-corrected chi connectivity index (χ0v) is 16.0. The summed E-state index contributed by atoms with van der Waals surface area (Å²) in [4.78, 5) is 4.72. The van der Waals surface area contributed by atoms with Crippen LogP contribution in [0, 0.1) is 6.92 Å². The first-order valence-electron chi connectivity index (χ1n) is 10.1. The number of furan rings is 1. The van der Waals surface area contributed by atoms with E-state index in [0.29, 0.717) is 0 Å². The molecule has 0 N–H and O–H groups in total. The van der Waals surface area contributed by atoms with Crippen LogP contribution in [0.5, 0.6) is 0 Å². The molecule has 6 rings (SSSR count). The topological polar surface area (TPSA) is 26.0 Å². The summed E-state index contributed by atoms with van der Waals surface area (Å²) in [5.74, 6) is 0. The van der Waals surface area contributed by atoms with Gasteiger partial charge < -0.3 is 4.42 Å². The Hall–Kier alpha value is -3.13. The van der Waals surface area contributed by atoms with Gasteiger partial charge in [0.1, 0.15) is 11.2 Å². The highest BCUT2D eigenvalue weighted by atomic mass is 16.3. The van der Waals surface area contributed by atoms with Gasteiger partial charge >= 0.3 is 0 Å². The van der Waals surface area contributed by atoms with Gasteiger partial charge in [0.05, 0.1) is 5.69 Å². The Labute approximate surface area is 163 Å². The monoisotopic (exact) mass is 363 g/mol. The second-order valence-corrected chi connectivity index (χ2v) is 8.02. The van der Waals surface area contributed by atoms with E-state index >= 15 is 0 Å². The number of hydrogen-bond acceptors (Lipinski definition) is 2. The normalized spacial score (nSPS) is 14.0. The Kier molecular flexibility index (Phi) is 3.37. The van der Waals surface area contributed by atoms with E-state index in [4.69, 9.17) is 9.40 Å². The van der Waals surface area contributed by atoms with Crippen molar-refractivity contribution in [2.24, 2.45) is 0 Å². The van der Waals surface area contributed by atoms with Crippen LogP contribution in [0.15, 0.2) is 65.2 Å². The van der Waals surface area contributed by atoms with Gasteiger partial charge in [-0.3, -0.25) is 4.98 Å². The second-order valence-electron chi connectivity index (χ2n) is 8.02. The number of rotatable bonds is 1. The minimum Gasteiger partial charge on any atom is -0.456 e. The van der Waals surface area contributed by atoms with Crippen LogP contribution >= 0.6 is 0 Å². The number of aromatic nitrogens is 1. The van der Waals surface area contributed by atoms with Gasteiger partial charge in [-0.2, -0.15) is 0 Å². The van der Waals surface area contributed by atoms with Gasteiger partial charge in [0.15, 0.2) is 0 Å². The highest BCUT2D eigenvalue weighted by Gasteiger charge is 2.16. The molecule has 0 unspecified atom stereocenters. The third-order valence-corrected chi connectivity index (χ3v) is 6.14. The molecule has 3 aromatic carbocycles. The van der Waals surface area contributed by atoms with E-state index in [2.05, 4.69) is 61.5 Å².